The maximum absolute atomic E-state index is 12.7. The summed E-state index contributed by atoms with van der Waals surface area (Å²) in [7, 11) is 0. The van der Waals surface area contributed by atoms with Crippen LogP contribution in [0.2, 0.25) is 10.0 Å². The minimum atomic E-state index is -0.260. The van der Waals surface area contributed by atoms with Crippen LogP contribution in [0.4, 0.5) is 0 Å². The van der Waals surface area contributed by atoms with Gasteiger partial charge in [0.25, 0.3) is 0 Å². The smallest absolute Gasteiger partial charge is 0.221 e. The van der Waals surface area contributed by atoms with E-state index < -0.39 is 0 Å². The lowest BCUT2D eigenvalue weighted by Crippen LogP contribution is -2.29. The van der Waals surface area contributed by atoms with Gasteiger partial charge in [0.05, 0.1) is 17.3 Å². The van der Waals surface area contributed by atoms with E-state index in [1.54, 1.807) is 36.8 Å². The van der Waals surface area contributed by atoms with Gasteiger partial charge >= 0.3 is 0 Å². The standard InChI is InChI=1S/C24H19Cl2N3O2/c25-18-6-7-19(20(26)14-18)21-15-28-23(31-21)9-8-22(30)29-24(16-4-2-1-3-5-16)17-10-12-27-13-11-17/h1-7,10-15,24H,8-9H2,(H,29,30). The molecule has 0 radical (unpaired) electrons. The van der Waals surface area contributed by atoms with Gasteiger partial charge < -0.3 is 9.73 Å². The van der Waals surface area contributed by atoms with Crippen LogP contribution in [0, 0.1) is 0 Å². The van der Waals surface area contributed by atoms with Gasteiger partial charge in [0.2, 0.25) is 5.91 Å². The van der Waals surface area contributed by atoms with Crippen molar-refractivity contribution in [2.75, 3.05) is 0 Å². The van der Waals surface area contributed by atoms with E-state index in [0.717, 1.165) is 11.1 Å². The minimum Gasteiger partial charge on any atom is -0.441 e. The van der Waals surface area contributed by atoms with Crippen LogP contribution < -0.4 is 5.32 Å². The van der Waals surface area contributed by atoms with Crippen molar-refractivity contribution in [3.8, 4) is 11.3 Å². The van der Waals surface area contributed by atoms with Gasteiger partial charge in [-0.05, 0) is 41.5 Å². The first-order valence-electron chi connectivity index (χ1n) is 9.74. The molecule has 156 valence electrons. The number of carbonyl (C=O) groups excluding carboxylic acids is 1. The highest BCUT2D eigenvalue weighted by Crippen LogP contribution is 2.31. The first-order chi connectivity index (χ1) is 15.1. The zero-order valence-electron chi connectivity index (χ0n) is 16.5. The van der Waals surface area contributed by atoms with E-state index in [-0.39, 0.29) is 18.4 Å². The van der Waals surface area contributed by atoms with Crippen molar-refractivity contribution in [2.24, 2.45) is 0 Å². The van der Waals surface area contributed by atoms with Crippen molar-refractivity contribution in [3.63, 3.8) is 0 Å². The monoisotopic (exact) mass is 451 g/mol. The number of aromatic nitrogens is 2. The number of aryl methyl sites for hydroxylation is 1. The van der Waals surface area contributed by atoms with Crippen LogP contribution in [-0.2, 0) is 11.2 Å². The van der Waals surface area contributed by atoms with E-state index >= 15 is 0 Å². The number of halogens is 2. The quantitative estimate of drug-likeness (QED) is 0.380. The van der Waals surface area contributed by atoms with E-state index in [2.05, 4.69) is 15.3 Å². The van der Waals surface area contributed by atoms with E-state index in [0.29, 0.717) is 33.7 Å². The molecule has 1 atom stereocenters. The Hall–Kier alpha value is -3.15. The summed E-state index contributed by atoms with van der Waals surface area (Å²) in [4.78, 5) is 21.1. The second-order valence-electron chi connectivity index (χ2n) is 6.93. The van der Waals surface area contributed by atoms with Crippen molar-refractivity contribution in [1.29, 1.82) is 0 Å². The van der Waals surface area contributed by atoms with Crippen LogP contribution in [0.15, 0.2) is 83.7 Å². The number of hydrogen-bond acceptors (Lipinski definition) is 4. The molecule has 1 N–H and O–H groups in total. The number of benzene rings is 2. The molecule has 2 aromatic carbocycles. The third kappa shape index (κ3) is 5.32. The maximum Gasteiger partial charge on any atom is 0.221 e. The highest BCUT2D eigenvalue weighted by atomic mass is 35.5. The van der Waals surface area contributed by atoms with E-state index in [9.17, 15) is 4.79 Å². The van der Waals surface area contributed by atoms with E-state index in [4.69, 9.17) is 27.6 Å². The molecule has 0 saturated heterocycles. The normalized spacial score (nSPS) is 11.8. The summed E-state index contributed by atoms with van der Waals surface area (Å²) in [5.41, 5.74) is 2.67. The Morgan fingerprint density at radius 2 is 1.74 bits per heavy atom. The van der Waals surface area contributed by atoms with Gasteiger partial charge in [-0.15, -0.1) is 0 Å². The predicted octanol–water partition coefficient (Wildman–Crippen LogP) is 5.88. The van der Waals surface area contributed by atoms with Gasteiger partial charge in [-0.3, -0.25) is 9.78 Å². The highest BCUT2D eigenvalue weighted by Gasteiger charge is 2.18. The molecule has 0 bridgehead atoms. The summed E-state index contributed by atoms with van der Waals surface area (Å²) in [6.07, 6.45) is 5.64. The molecule has 5 nitrogen and oxygen atoms in total. The Bertz CT molecular complexity index is 1120. The Labute approximate surface area is 190 Å². The molecule has 4 rings (SSSR count). The predicted molar refractivity (Wildman–Crippen MR) is 121 cm³/mol. The van der Waals surface area contributed by atoms with Crippen LogP contribution in [0.5, 0.6) is 0 Å². The van der Waals surface area contributed by atoms with Crippen LogP contribution >= 0.6 is 23.2 Å². The van der Waals surface area contributed by atoms with Gasteiger partial charge in [-0.2, -0.15) is 0 Å². The van der Waals surface area contributed by atoms with Crippen molar-refractivity contribution in [3.05, 3.63) is 106 Å². The van der Waals surface area contributed by atoms with Gasteiger partial charge in [-0.1, -0.05) is 53.5 Å². The first-order valence-corrected chi connectivity index (χ1v) is 10.5. The van der Waals surface area contributed by atoms with E-state index in [1.165, 1.54) is 0 Å². The van der Waals surface area contributed by atoms with Gasteiger partial charge in [0.1, 0.15) is 0 Å². The highest BCUT2D eigenvalue weighted by molar-refractivity contribution is 6.36. The molecule has 0 aliphatic heterocycles. The molecule has 0 saturated carbocycles. The number of hydrogen-bond donors (Lipinski definition) is 1. The van der Waals surface area contributed by atoms with Crippen LogP contribution in [0.25, 0.3) is 11.3 Å². The fraction of sp³-hybridized carbons (Fsp3) is 0.125. The zero-order chi connectivity index (χ0) is 21.6. The van der Waals surface area contributed by atoms with Crippen molar-refractivity contribution in [1.82, 2.24) is 15.3 Å². The first kappa shape index (κ1) is 21.1. The van der Waals surface area contributed by atoms with Gasteiger partial charge in [-0.25, -0.2) is 4.98 Å². The molecule has 4 aromatic rings. The number of pyridine rings is 1. The van der Waals surface area contributed by atoms with Crippen LogP contribution in [0.3, 0.4) is 0 Å². The zero-order valence-corrected chi connectivity index (χ0v) is 18.0. The Balaban J connectivity index is 1.43. The molecule has 2 heterocycles. The molecule has 0 spiro atoms. The fourth-order valence-electron chi connectivity index (χ4n) is 3.25. The van der Waals surface area contributed by atoms with Crippen molar-refractivity contribution in [2.45, 2.75) is 18.9 Å². The average Bonchev–Trinajstić information content (AvgIpc) is 3.26. The second-order valence-corrected chi connectivity index (χ2v) is 7.78. The molecular formula is C24H19Cl2N3O2. The largest absolute Gasteiger partial charge is 0.441 e. The SMILES string of the molecule is O=C(CCc1ncc(-c2ccc(Cl)cc2Cl)o1)NC(c1ccccc1)c1ccncc1. The minimum absolute atomic E-state index is 0.102. The van der Waals surface area contributed by atoms with Crippen LogP contribution in [-0.4, -0.2) is 15.9 Å². The van der Waals surface area contributed by atoms with Crippen molar-refractivity contribution >= 4 is 29.1 Å². The number of oxazole rings is 1. The summed E-state index contributed by atoms with van der Waals surface area (Å²) in [6.45, 7) is 0. The summed E-state index contributed by atoms with van der Waals surface area (Å²) in [5.74, 6) is 0.905. The lowest BCUT2D eigenvalue weighted by Gasteiger charge is -2.19. The molecule has 1 amide bonds. The summed E-state index contributed by atoms with van der Waals surface area (Å²) >= 11 is 12.2. The number of carbonyl (C=O) groups is 1. The third-order valence-electron chi connectivity index (χ3n) is 4.79. The Morgan fingerprint density at radius 3 is 2.48 bits per heavy atom. The summed E-state index contributed by atoms with van der Waals surface area (Å²) in [6, 6.07) is 18.5. The molecular weight excluding hydrogens is 433 g/mol. The third-order valence-corrected chi connectivity index (χ3v) is 5.34. The summed E-state index contributed by atoms with van der Waals surface area (Å²) in [5, 5.41) is 4.13. The molecule has 0 fully saturated rings. The molecule has 1 unspecified atom stereocenters. The number of amides is 1. The molecule has 0 aliphatic rings. The van der Waals surface area contributed by atoms with Gasteiger partial charge in [0.15, 0.2) is 11.7 Å². The molecule has 31 heavy (non-hydrogen) atoms. The lowest BCUT2D eigenvalue weighted by atomic mass is 9.99. The Kier molecular flexibility index (Phi) is 6.65. The number of rotatable bonds is 7. The second kappa shape index (κ2) is 9.77. The fourth-order valence-corrected chi connectivity index (χ4v) is 3.76. The lowest BCUT2D eigenvalue weighted by molar-refractivity contribution is -0.121. The molecule has 0 aliphatic carbocycles. The Morgan fingerprint density at radius 1 is 1.00 bits per heavy atom. The maximum atomic E-state index is 12.7. The number of nitrogens with one attached hydrogen (secondary N) is 1. The summed E-state index contributed by atoms with van der Waals surface area (Å²) < 4.78 is 5.79. The van der Waals surface area contributed by atoms with Crippen molar-refractivity contribution < 1.29 is 9.21 Å². The average molecular weight is 452 g/mol. The van der Waals surface area contributed by atoms with Gasteiger partial charge in [0, 0.05) is 35.8 Å². The number of nitrogens with zero attached hydrogens (tertiary/aromatic N) is 2. The molecule has 7 heteroatoms. The topological polar surface area (TPSA) is 68.0 Å². The van der Waals surface area contributed by atoms with E-state index in [1.807, 2.05) is 42.5 Å². The van der Waals surface area contributed by atoms with Crippen LogP contribution in [0.1, 0.15) is 29.5 Å². The molecule has 2 aromatic heterocycles.